The molecule has 92 valence electrons. The highest BCUT2D eigenvalue weighted by molar-refractivity contribution is 9.09. The van der Waals surface area contributed by atoms with Crippen LogP contribution in [0.1, 0.15) is 20.9 Å². The Hall–Kier alpha value is -1.67. The lowest BCUT2D eigenvalue weighted by atomic mass is 10.1. The van der Waals surface area contributed by atoms with Crippen LogP contribution < -0.4 is 11.4 Å². The lowest BCUT2D eigenvalue weighted by molar-refractivity contribution is -0.138. The molecule has 0 saturated heterocycles. The minimum Gasteiger partial charge on any atom is -0.480 e. The van der Waals surface area contributed by atoms with Gasteiger partial charge in [-0.05, 0) is 11.6 Å². The van der Waals surface area contributed by atoms with Gasteiger partial charge in [-0.15, -0.1) is 0 Å². The molecule has 0 spiro atoms. The summed E-state index contributed by atoms with van der Waals surface area (Å²) in [6.45, 7) is 0. The summed E-state index contributed by atoms with van der Waals surface area (Å²) in [6.07, 6.45) is 0. The highest BCUT2D eigenvalue weighted by Crippen LogP contribution is 2.25. The molecule has 1 rings (SSSR count). The fourth-order valence-corrected chi connectivity index (χ4v) is 1.58. The van der Waals surface area contributed by atoms with Gasteiger partial charge in [-0.2, -0.15) is 0 Å². The molecule has 1 heterocycles. The van der Waals surface area contributed by atoms with Crippen LogP contribution in [-0.4, -0.2) is 28.2 Å². The summed E-state index contributed by atoms with van der Waals surface area (Å²) in [5, 5.41) is 17.4. The van der Waals surface area contributed by atoms with E-state index in [4.69, 9.17) is 15.9 Å². The number of hydrogen-bond acceptors (Lipinski definition) is 5. The Balaban J connectivity index is 3.18. The third-order valence-electron chi connectivity index (χ3n) is 1.92. The van der Waals surface area contributed by atoms with Crippen LogP contribution in [0.15, 0.2) is 21.3 Å². The van der Waals surface area contributed by atoms with Crippen molar-refractivity contribution in [3.8, 4) is 0 Å². The smallest absolute Gasteiger partial charge is 0.371 e. The van der Waals surface area contributed by atoms with E-state index in [0.29, 0.717) is 0 Å². The first-order chi connectivity index (χ1) is 7.82. The molecule has 2 unspecified atom stereocenters. The highest BCUT2D eigenvalue weighted by Gasteiger charge is 2.25. The SMILES string of the molecule is NC(C(=O)O)C(Br)c1cc(C(=O)O)oc(=O)c1. The predicted octanol–water partition coefficient (Wildman–Crippen LogP) is 0.186. The molecule has 2 atom stereocenters. The normalized spacial score (nSPS) is 14.0. The van der Waals surface area contributed by atoms with Crippen molar-refractivity contribution >= 4 is 27.9 Å². The van der Waals surface area contributed by atoms with Gasteiger partial charge in [-0.25, -0.2) is 9.59 Å². The molecule has 0 aromatic carbocycles. The van der Waals surface area contributed by atoms with E-state index in [1.54, 1.807) is 0 Å². The van der Waals surface area contributed by atoms with Crippen LogP contribution >= 0.6 is 15.9 Å². The molecule has 0 fully saturated rings. The number of aliphatic carboxylic acids is 1. The summed E-state index contributed by atoms with van der Waals surface area (Å²) >= 11 is 2.99. The van der Waals surface area contributed by atoms with Crippen molar-refractivity contribution in [2.24, 2.45) is 5.73 Å². The molecule has 0 amide bonds. The summed E-state index contributed by atoms with van der Waals surface area (Å²) in [7, 11) is 0. The molecule has 17 heavy (non-hydrogen) atoms. The minimum absolute atomic E-state index is 0.133. The number of halogens is 1. The Morgan fingerprint density at radius 2 is 1.94 bits per heavy atom. The van der Waals surface area contributed by atoms with E-state index >= 15 is 0 Å². The maximum Gasteiger partial charge on any atom is 0.371 e. The second-order valence-corrected chi connectivity index (χ2v) is 4.13. The summed E-state index contributed by atoms with van der Waals surface area (Å²) in [5.41, 5.74) is 4.59. The van der Waals surface area contributed by atoms with Crippen LogP contribution in [0.2, 0.25) is 0 Å². The van der Waals surface area contributed by atoms with Gasteiger partial charge in [0.2, 0.25) is 5.76 Å². The maximum atomic E-state index is 11.1. The predicted molar refractivity (Wildman–Crippen MR) is 59.2 cm³/mol. The average molecular weight is 306 g/mol. The fourth-order valence-electron chi connectivity index (χ4n) is 1.09. The van der Waals surface area contributed by atoms with Gasteiger partial charge < -0.3 is 20.4 Å². The second kappa shape index (κ2) is 5.11. The van der Waals surface area contributed by atoms with Crippen molar-refractivity contribution < 1.29 is 24.2 Å². The molecule has 0 aliphatic carbocycles. The highest BCUT2D eigenvalue weighted by atomic mass is 79.9. The Bertz CT molecular complexity index is 510. The fraction of sp³-hybridized carbons (Fsp3) is 0.222. The zero-order valence-corrected chi connectivity index (χ0v) is 9.88. The van der Waals surface area contributed by atoms with Crippen molar-refractivity contribution in [1.82, 2.24) is 0 Å². The first-order valence-corrected chi connectivity index (χ1v) is 5.25. The monoisotopic (exact) mass is 305 g/mol. The van der Waals surface area contributed by atoms with Gasteiger partial charge in [0.25, 0.3) is 0 Å². The third-order valence-corrected chi connectivity index (χ3v) is 3.02. The molecule has 0 aliphatic rings. The Morgan fingerprint density at radius 3 is 2.41 bits per heavy atom. The molecular weight excluding hydrogens is 298 g/mol. The van der Waals surface area contributed by atoms with Crippen LogP contribution in [-0.2, 0) is 4.79 Å². The van der Waals surface area contributed by atoms with Crippen molar-refractivity contribution in [1.29, 1.82) is 0 Å². The molecule has 8 heteroatoms. The average Bonchev–Trinajstić information content (AvgIpc) is 2.25. The Morgan fingerprint density at radius 1 is 1.35 bits per heavy atom. The van der Waals surface area contributed by atoms with Crippen LogP contribution in [0.4, 0.5) is 0 Å². The zero-order valence-electron chi connectivity index (χ0n) is 8.29. The lowest BCUT2D eigenvalue weighted by Crippen LogP contribution is -2.34. The zero-order chi connectivity index (χ0) is 13.2. The van der Waals surface area contributed by atoms with Gasteiger partial charge >= 0.3 is 17.6 Å². The molecule has 0 radical (unpaired) electrons. The summed E-state index contributed by atoms with van der Waals surface area (Å²) in [6, 6.07) is 0.721. The molecule has 0 saturated carbocycles. The van der Waals surface area contributed by atoms with Crippen LogP contribution in [0.5, 0.6) is 0 Å². The van der Waals surface area contributed by atoms with Gasteiger partial charge in [0.15, 0.2) is 0 Å². The van der Waals surface area contributed by atoms with Gasteiger partial charge in [-0.3, -0.25) is 4.79 Å². The second-order valence-electron chi connectivity index (χ2n) is 3.14. The van der Waals surface area contributed by atoms with Gasteiger partial charge in [-0.1, -0.05) is 15.9 Å². The van der Waals surface area contributed by atoms with E-state index in [0.717, 1.165) is 12.1 Å². The van der Waals surface area contributed by atoms with Crippen LogP contribution in [0, 0.1) is 0 Å². The van der Waals surface area contributed by atoms with E-state index in [1.165, 1.54) is 0 Å². The van der Waals surface area contributed by atoms with Crippen LogP contribution in [0.3, 0.4) is 0 Å². The lowest BCUT2D eigenvalue weighted by Gasteiger charge is -2.14. The van der Waals surface area contributed by atoms with E-state index < -0.39 is 34.2 Å². The number of rotatable bonds is 4. The molecule has 1 aromatic heterocycles. The van der Waals surface area contributed by atoms with E-state index in [9.17, 15) is 14.4 Å². The van der Waals surface area contributed by atoms with E-state index in [2.05, 4.69) is 20.3 Å². The summed E-state index contributed by atoms with van der Waals surface area (Å²) < 4.78 is 4.41. The van der Waals surface area contributed by atoms with Gasteiger partial charge in [0, 0.05) is 6.07 Å². The number of carboxylic acids is 2. The van der Waals surface area contributed by atoms with E-state index in [-0.39, 0.29) is 5.56 Å². The summed E-state index contributed by atoms with van der Waals surface area (Å²) in [4.78, 5) is 31.5. The van der Waals surface area contributed by atoms with Crippen molar-refractivity contribution in [3.63, 3.8) is 0 Å². The Labute approximate surface area is 103 Å². The minimum atomic E-state index is -1.42. The summed E-state index contributed by atoms with van der Waals surface area (Å²) in [5.74, 6) is -3.28. The van der Waals surface area contributed by atoms with Crippen molar-refractivity contribution in [2.45, 2.75) is 10.9 Å². The topological polar surface area (TPSA) is 131 Å². The van der Waals surface area contributed by atoms with E-state index in [1.807, 2.05) is 0 Å². The molecular formula is C9H8BrNO6. The number of aromatic carboxylic acids is 1. The number of alkyl halides is 1. The first kappa shape index (κ1) is 13.4. The van der Waals surface area contributed by atoms with Gasteiger partial charge in [0.05, 0.1) is 4.83 Å². The maximum absolute atomic E-state index is 11.1. The molecule has 0 bridgehead atoms. The quantitative estimate of drug-likeness (QED) is 0.676. The standard InChI is InChI=1S/C9H8BrNO6/c10-6(7(11)9(15)16)3-1-4(8(13)14)17-5(12)2-3/h1-2,6-7H,11H2,(H,13,14)(H,15,16). The Kier molecular flexibility index (Phi) is 4.02. The van der Waals surface area contributed by atoms with Crippen molar-refractivity contribution in [3.05, 3.63) is 33.9 Å². The van der Waals surface area contributed by atoms with Gasteiger partial charge in [0.1, 0.15) is 6.04 Å². The largest absolute Gasteiger partial charge is 0.480 e. The third kappa shape index (κ3) is 3.14. The number of nitrogens with two attached hydrogens (primary N) is 1. The molecule has 7 nitrogen and oxygen atoms in total. The molecule has 4 N–H and O–H groups in total. The number of hydrogen-bond donors (Lipinski definition) is 3. The molecule has 1 aromatic rings. The van der Waals surface area contributed by atoms with Crippen LogP contribution in [0.25, 0.3) is 0 Å². The first-order valence-electron chi connectivity index (χ1n) is 4.33. The number of carboxylic acid groups (broad SMARTS) is 2. The molecule has 0 aliphatic heterocycles. The number of carbonyl (C=O) groups is 2. The van der Waals surface area contributed by atoms with Crippen molar-refractivity contribution in [2.75, 3.05) is 0 Å².